The van der Waals surface area contributed by atoms with Gasteiger partial charge in [-0.1, -0.05) is 23.9 Å². The Kier molecular flexibility index (Phi) is 3.28. The van der Waals surface area contributed by atoms with Crippen LogP contribution in [0.3, 0.4) is 0 Å². The largest absolute Gasteiger partial charge is 0.231 e. The lowest BCUT2D eigenvalue weighted by Crippen LogP contribution is -1.94. The van der Waals surface area contributed by atoms with Crippen molar-refractivity contribution in [3.63, 3.8) is 0 Å². The summed E-state index contributed by atoms with van der Waals surface area (Å²) in [6.45, 7) is 0. The van der Waals surface area contributed by atoms with Crippen LogP contribution in [0, 0.1) is 5.82 Å². The zero-order chi connectivity index (χ0) is 12.4. The zero-order valence-electron chi connectivity index (χ0n) is 9.90. The summed E-state index contributed by atoms with van der Waals surface area (Å²) in [6, 6.07) is 6.57. The maximum Gasteiger partial charge on any atom is 0.188 e. The number of fused-ring (bicyclic) bond motifs is 1. The van der Waals surface area contributed by atoms with Crippen molar-refractivity contribution in [1.82, 2.24) is 9.97 Å². The van der Waals surface area contributed by atoms with Crippen LogP contribution in [0.4, 0.5) is 4.39 Å². The highest BCUT2D eigenvalue weighted by Crippen LogP contribution is 2.24. The van der Waals surface area contributed by atoms with E-state index in [1.165, 1.54) is 29.8 Å². The van der Waals surface area contributed by atoms with Gasteiger partial charge in [0.2, 0.25) is 0 Å². The monoisotopic (exact) mass is 260 g/mol. The van der Waals surface area contributed by atoms with E-state index in [9.17, 15) is 4.39 Å². The smallest absolute Gasteiger partial charge is 0.188 e. The van der Waals surface area contributed by atoms with Crippen molar-refractivity contribution < 1.29 is 4.39 Å². The van der Waals surface area contributed by atoms with Crippen molar-refractivity contribution in [3.05, 3.63) is 53.1 Å². The van der Waals surface area contributed by atoms with Crippen molar-refractivity contribution in [2.75, 3.05) is 0 Å². The summed E-state index contributed by atoms with van der Waals surface area (Å²) in [7, 11) is 0. The standard InChI is InChI=1S/C14H13FN2S/c15-12-6-4-10(5-7-12)9-18-14-16-8-11-2-1-3-13(11)17-14/h4-8H,1-3,9H2. The van der Waals surface area contributed by atoms with E-state index < -0.39 is 0 Å². The Morgan fingerprint density at radius 1 is 1.17 bits per heavy atom. The minimum atomic E-state index is -0.197. The van der Waals surface area contributed by atoms with Crippen LogP contribution in [-0.2, 0) is 18.6 Å². The molecule has 0 aliphatic heterocycles. The van der Waals surface area contributed by atoms with E-state index in [-0.39, 0.29) is 5.82 Å². The molecule has 0 N–H and O–H groups in total. The first-order valence-corrected chi connectivity index (χ1v) is 7.02. The van der Waals surface area contributed by atoms with Crippen LogP contribution >= 0.6 is 11.8 Å². The molecule has 0 unspecified atom stereocenters. The quantitative estimate of drug-likeness (QED) is 0.625. The second-order valence-corrected chi connectivity index (χ2v) is 5.34. The fraction of sp³-hybridized carbons (Fsp3) is 0.286. The van der Waals surface area contributed by atoms with Gasteiger partial charge in [0.25, 0.3) is 0 Å². The van der Waals surface area contributed by atoms with Gasteiger partial charge in [0, 0.05) is 17.6 Å². The number of aromatic nitrogens is 2. The Morgan fingerprint density at radius 2 is 2.00 bits per heavy atom. The third-order valence-electron chi connectivity index (χ3n) is 3.07. The molecule has 2 aromatic rings. The van der Waals surface area contributed by atoms with Crippen LogP contribution in [0.1, 0.15) is 23.2 Å². The number of benzene rings is 1. The summed E-state index contributed by atoms with van der Waals surface area (Å²) in [4.78, 5) is 8.92. The average molecular weight is 260 g/mol. The van der Waals surface area contributed by atoms with Gasteiger partial charge in [-0.2, -0.15) is 0 Å². The summed E-state index contributed by atoms with van der Waals surface area (Å²) in [5.74, 6) is 0.580. The van der Waals surface area contributed by atoms with Gasteiger partial charge in [0.15, 0.2) is 5.16 Å². The van der Waals surface area contributed by atoms with Crippen LogP contribution in [0.5, 0.6) is 0 Å². The van der Waals surface area contributed by atoms with Crippen molar-refractivity contribution in [1.29, 1.82) is 0 Å². The van der Waals surface area contributed by atoms with Gasteiger partial charge >= 0.3 is 0 Å². The molecule has 0 saturated carbocycles. The van der Waals surface area contributed by atoms with Crippen molar-refractivity contribution >= 4 is 11.8 Å². The Labute approximate surface area is 110 Å². The Morgan fingerprint density at radius 3 is 2.83 bits per heavy atom. The molecule has 3 rings (SSSR count). The van der Waals surface area contributed by atoms with Gasteiger partial charge in [0.1, 0.15) is 5.82 Å². The van der Waals surface area contributed by atoms with Gasteiger partial charge < -0.3 is 0 Å². The topological polar surface area (TPSA) is 25.8 Å². The molecule has 0 atom stereocenters. The third-order valence-corrected chi connectivity index (χ3v) is 4.01. The second kappa shape index (κ2) is 5.06. The molecular weight excluding hydrogens is 247 g/mol. The highest BCUT2D eigenvalue weighted by molar-refractivity contribution is 7.98. The van der Waals surface area contributed by atoms with Gasteiger partial charge in [0.05, 0.1) is 0 Å². The van der Waals surface area contributed by atoms with E-state index >= 15 is 0 Å². The molecule has 0 saturated heterocycles. The molecule has 1 aromatic carbocycles. The molecule has 18 heavy (non-hydrogen) atoms. The number of nitrogens with zero attached hydrogens (tertiary/aromatic N) is 2. The van der Waals surface area contributed by atoms with E-state index in [2.05, 4.69) is 9.97 Å². The summed E-state index contributed by atoms with van der Waals surface area (Å²) >= 11 is 1.60. The molecular formula is C14H13FN2S. The lowest BCUT2D eigenvalue weighted by molar-refractivity contribution is 0.627. The minimum Gasteiger partial charge on any atom is -0.231 e. The maximum absolute atomic E-state index is 12.8. The summed E-state index contributed by atoms with van der Waals surface area (Å²) in [5.41, 5.74) is 3.58. The normalized spacial score (nSPS) is 13.6. The number of hydrogen-bond acceptors (Lipinski definition) is 3. The summed E-state index contributed by atoms with van der Waals surface area (Å²) in [5, 5.41) is 0.819. The number of hydrogen-bond donors (Lipinski definition) is 0. The first kappa shape index (κ1) is 11.7. The highest BCUT2D eigenvalue weighted by Gasteiger charge is 2.13. The third kappa shape index (κ3) is 2.53. The molecule has 0 radical (unpaired) electrons. The number of aryl methyl sites for hydroxylation is 2. The minimum absolute atomic E-state index is 0.197. The Hall–Kier alpha value is -1.42. The Bertz CT molecular complexity index is 554. The van der Waals surface area contributed by atoms with Gasteiger partial charge in [-0.05, 0) is 42.5 Å². The van der Waals surface area contributed by atoms with E-state index in [1.54, 1.807) is 23.9 Å². The average Bonchev–Trinajstić information content (AvgIpc) is 2.85. The lowest BCUT2D eigenvalue weighted by atomic mass is 10.2. The highest BCUT2D eigenvalue weighted by atomic mass is 32.2. The molecule has 1 heterocycles. The number of rotatable bonds is 3. The van der Waals surface area contributed by atoms with Crippen LogP contribution < -0.4 is 0 Å². The summed E-state index contributed by atoms with van der Waals surface area (Å²) < 4.78 is 12.8. The van der Waals surface area contributed by atoms with Crippen LogP contribution in [0.15, 0.2) is 35.6 Å². The van der Waals surface area contributed by atoms with Crippen molar-refractivity contribution in [3.8, 4) is 0 Å². The predicted octanol–water partition coefficient (Wildman–Crippen LogP) is 3.40. The molecule has 92 valence electrons. The van der Waals surface area contributed by atoms with Crippen LogP contribution in [-0.4, -0.2) is 9.97 Å². The lowest BCUT2D eigenvalue weighted by Gasteiger charge is -2.03. The fourth-order valence-electron chi connectivity index (χ4n) is 2.09. The van der Waals surface area contributed by atoms with Gasteiger partial charge in [-0.25, -0.2) is 14.4 Å². The molecule has 0 fully saturated rings. The molecule has 0 spiro atoms. The molecule has 1 aromatic heterocycles. The molecule has 0 amide bonds. The molecule has 1 aliphatic carbocycles. The molecule has 2 nitrogen and oxygen atoms in total. The predicted molar refractivity (Wildman–Crippen MR) is 70.0 cm³/mol. The first-order valence-electron chi connectivity index (χ1n) is 6.03. The van der Waals surface area contributed by atoms with E-state index in [1.807, 2.05) is 6.20 Å². The fourth-order valence-corrected chi connectivity index (χ4v) is 2.88. The van der Waals surface area contributed by atoms with Crippen molar-refractivity contribution in [2.24, 2.45) is 0 Å². The van der Waals surface area contributed by atoms with Crippen LogP contribution in [0.2, 0.25) is 0 Å². The van der Waals surface area contributed by atoms with Gasteiger partial charge in [-0.15, -0.1) is 0 Å². The van der Waals surface area contributed by atoms with Crippen molar-refractivity contribution in [2.45, 2.75) is 30.2 Å². The van der Waals surface area contributed by atoms with E-state index in [0.717, 1.165) is 29.3 Å². The molecule has 0 bridgehead atoms. The van der Waals surface area contributed by atoms with Gasteiger partial charge in [-0.3, -0.25) is 0 Å². The second-order valence-electron chi connectivity index (χ2n) is 4.39. The maximum atomic E-state index is 12.8. The van der Waals surface area contributed by atoms with Crippen LogP contribution in [0.25, 0.3) is 0 Å². The Balaban J connectivity index is 1.68. The first-order chi connectivity index (χ1) is 8.81. The van der Waals surface area contributed by atoms with E-state index in [4.69, 9.17) is 0 Å². The van der Waals surface area contributed by atoms with E-state index in [0.29, 0.717) is 0 Å². The molecule has 4 heteroatoms. The number of thioether (sulfide) groups is 1. The zero-order valence-corrected chi connectivity index (χ0v) is 10.7. The SMILES string of the molecule is Fc1ccc(CSc2ncc3c(n2)CCC3)cc1. The summed E-state index contributed by atoms with van der Waals surface area (Å²) in [6.07, 6.45) is 5.32. The molecule has 1 aliphatic rings. The number of halogens is 1.